The first-order valence-electron chi connectivity index (χ1n) is 7.26. The molecule has 0 aliphatic carbocycles. The van der Waals surface area contributed by atoms with Gasteiger partial charge in [0.2, 0.25) is 0 Å². The minimum absolute atomic E-state index is 0.0303. The van der Waals surface area contributed by atoms with Crippen LogP contribution in [0.25, 0.3) is 0 Å². The molecular weight excluding hydrogens is 337 g/mol. The van der Waals surface area contributed by atoms with Crippen LogP contribution in [0.1, 0.15) is 36.6 Å². The quantitative estimate of drug-likeness (QED) is 0.725. The van der Waals surface area contributed by atoms with E-state index in [4.69, 9.17) is 28.3 Å². The first-order chi connectivity index (χ1) is 11.1. The molecule has 2 N–H and O–H groups in total. The minimum Gasteiger partial charge on any atom is -0.465 e. The zero-order chi connectivity index (χ0) is 16.7. The lowest BCUT2D eigenvalue weighted by atomic mass is 9.92. The molecule has 7 heteroatoms. The van der Waals surface area contributed by atoms with Crippen molar-refractivity contribution in [1.82, 2.24) is 15.3 Å². The molecule has 1 heterocycles. The van der Waals surface area contributed by atoms with Gasteiger partial charge in [0.05, 0.1) is 0 Å². The Bertz CT molecular complexity index is 633. The van der Waals surface area contributed by atoms with E-state index in [0.717, 1.165) is 24.8 Å². The van der Waals surface area contributed by atoms with Gasteiger partial charge in [0.15, 0.2) is 0 Å². The van der Waals surface area contributed by atoms with Crippen molar-refractivity contribution < 1.29 is 9.90 Å². The van der Waals surface area contributed by atoms with Gasteiger partial charge < -0.3 is 10.4 Å². The molecule has 0 spiro atoms. The third-order valence-electron chi connectivity index (χ3n) is 3.38. The summed E-state index contributed by atoms with van der Waals surface area (Å²) in [4.78, 5) is 19.1. The zero-order valence-corrected chi connectivity index (χ0v) is 13.9. The van der Waals surface area contributed by atoms with Gasteiger partial charge in [0, 0.05) is 34.9 Å². The number of carboxylic acid groups (broad SMARTS) is 1. The Morgan fingerprint density at radius 1 is 1.13 bits per heavy atom. The highest BCUT2D eigenvalue weighted by Crippen LogP contribution is 2.31. The maximum Gasteiger partial charge on any atom is 0.404 e. The summed E-state index contributed by atoms with van der Waals surface area (Å²) < 4.78 is 0. The largest absolute Gasteiger partial charge is 0.465 e. The van der Waals surface area contributed by atoms with Gasteiger partial charge in [-0.1, -0.05) is 29.6 Å². The number of benzene rings is 1. The van der Waals surface area contributed by atoms with E-state index in [1.807, 2.05) is 12.1 Å². The molecule has 122 valence electrons. The molecule has 0 radical (unpaired) electrons. The Morgan fingerprint density at radius 3 is 2.39 bits per heavy atom. The van der Waals surface area contributed by atoms with Gasteiger partial charge in [-0.15, -0.1) is 0 Å². The first kappa shape index (κ1) is 17.5. The average Bonchev–Trinajstić information content (AvgIpc) is 2.50. The van der Waals surface area contributed by atoms with Crippen molar-refractivity contribution in [2.45, 2.75) is 25.2 Å². The highest BCUT2D eigenvalue weighted by atomic mass is 35.5. The number of carbonyl (C=O) groups is 1. The predicted octanol–water partition coefficient (Wildman–Crippen LogP) is 4.35. The number of unbranched alkanes of at least 4 members (excludes halogenated alkanes) is 1. The van der Waals surface area contributed by atoms with Gasteiger partial charge >= 0.3 is 6.09 Å². The van der Waals surface area contributed by atoms with E-state index < -0.39 is 6.09 Å². The van der Waals surface area contributed by atoms with Crippen molar-refractivity contribution in [1.29, 1.82) is 0 Å². The smallest absolute Gasteiger partial charge is 0.404 e. The molecule has 1 unspecified atom stereocenters. The van der Waals surface area contributed by atoms with Crippen LogP contribution < -0.4 is 5.32 Å². The average molecular weight is 354 g/mol. The maximum atomic E-state index is 10.5. The van der Waals surface area contributed by atoms with Crippen molar-refractivity contribution in [2.24, 2.45) is 0 Å². The summed E-state index contributed by atoms with van der Waals surface area (Å²) in [5, 5.41) is 12.1. The summed E-state index contributed by atoms with van der Waals surface area (Å²) in [5.74, 6) is 0.675. The molecule has 5 nitrogen and oxygen atoms in total. The molecule has 2 aromatic rings. The predicted molar refractivity (Wildman–Crippen MR) is 90.2 cm³/mol. The molecule has 0 fully saturated rings. The molecule has 0 saturated heterocycles. The van der Waals surface area contributed by atoms with Gasteiger partial charge in [-0.25, -0.2) is 14.8 Å². The van der Waals surface area contributed by atoms with Crippen molar-refractivity contribution in [2.75, 3.05) is 6.54 Å². The molecular formula is C16H17Cl2N3O2. The van der Waals surface area contributed by atoms with Gasteiger partial charge in [-0.2, -0.15) is 0 Å². The van der Waals surface area contributed by atoms with Crippen LogP contribution in [-0.2, 0) is 0 Å². The van der Waals surface area contributed by atoms with E-state index in [-0.39, 0.29) is 5.92 Å². The van der Waals surface area contributed by atoms with E-state index in [1.165, 1.54) is 0 Å². The molecule has 0 aliphatic rings. The zero-order valence-electron chi connectivity index (χ0n) is 12.4. The fraction of sp³-hybridized carbons (Fsp3) is 0.312. The Labute approximate surface area is 144 Å². The van der Waals surface area contributed by atoms with Crippen molar-refractivity contribution in [3.8, 4) is 0 Å². The number of hydrogen-bond donors (Lipinski definition) is 2. The van der Waals surface area contributed by atoms with Crippen LogP contribution in [-0.4, -0.2) is 27.7 Å². The molecule has 1 aromatic heterocycles. The molecule has 1 aromatic carbocycles. The van der Waals surface area contributed by atoms with E-state index in [1.54, 1.807) is 24.5 Å². The molecule has 0 saturated carbocycles. The van der Waals surface area contributed by atoms with Crippen LogP contribution in [0.4, 0.5) is 4.79 Å². The van der Waals surface area contributed by atoms with Crippen molar-refractivity contribution in [3.05, 3.63) is 58.1 Å². The number of hydrogen-bond acceptors (Lipinski definition) is 3. The van der Waals surface area contributed by atoms with Gasteiger partial charge in [0.1, 0.15) is 5.82 Å². The number of amides is 1. The molecule has 0 aliphatic heterocycles. The Hall–Kier alpha value is -1.85. The summed E-state index contributed by atoms with van der Waals surface area (Å²) in [6, 6.07) is 7.18. The molecule has 1 atom stereocenters. The molecule has 23 heavy (non-hydrogen) atoms. The second kappa shape index (κ2) is 8.70. The van der Waals surface area contributed by atoms with E-state index in [0.29, 0.717) is 22.4 Å². The highest BCUT2D eigenvalue weighted by molar-refractivity contribution is 6.34. The van der Waals surface area contributed by atoms with Gasteiger partial charge in [-0.05, 0) is 42.7 Å². The number of nitrogens with zero attached hydrogens (tertiary/aromatic N) is 2. The van der Waals surface area contributed by atoms with Crippen molar-refractivity contribution >= 4 is 29.3 Å². The lowest BCUT2D eigenvalue weighted by Crippen LogP contribution is -2.21. The van der Waals surface area contributed by atoms with Crippen LogP contribution >= 0.6 is 23.2 Å². The monoisotopic (exact) mass is 353 g/mol. The summed E-state index contributed by atoms with van der Waals surface area (Å²) in [6.45, 7) is 0.425. The number of aromatic nitrogens is 2. The van der Waals surface area contributed by atoms with E-state index in [2.05, 4.69) is 15.3 Å². The van der Waals surface area contributed by atoms with Gasteiger partial charge in [0.25, 0.3) is 0 Å². The first-order valence-corrected chi connectivity index (χ1v) is 8.01. The third-order valence-corrected chi connectivity index (χ3v) is 3.82. The highest BCUT2D eigenvalue weighted by Gasteiger charge is 2.17. The van der Waals surface area contributed by atoms with Crippen molar-refractivity contribution in [3.63, 3.8) is 0 Å². The Balaban J connectivity index is 2.11. The summed E-state index contributed by atoms with van der Waals surface area (Å²) in [6.07, 6.45) is 4.75. The summed E-state index contributed by atoms with van der Waals surface area (Å²) >= 11 is 12.2. The molecule has 1 amide bonds. The fourth-order valence-corrected chi connectivity index (χ4v) is 2.92. The van der Waals surface area contributed by atoms with Crippen LogP contribution in [0.2, 0.25) is 10.0 Å². The number of halogens is 2. The maximum absolute atomic E-state index is 10.5. The van der Waals surface area contributed by atoms with Crippen LogP contribution in [0.15, 0.2) is 36.7 Å². The van der Waals surface area contributed by atoms with Gasteiger partial charge in [-0.3, -0.25) is 0 Å². The lowest BCUT2D eigenvalue weighted by Gasteiger charge is -2.16. The Morgan fingerprint density at radius 2 is 1.78 bits per heavy atom. The second-order valence-electron chi connectivity index (χ2n) is 5.09. The third kappa shape index (κ3) is 5.69. The topological polar surface area (TPSA) is 75.1 Å². The Kier molecular flexibility index (Phi) is 6.62. The lowest BCUT2D eigenvalue weighted by molar-refractivity contribution is 0.194. The number of nitrogens with one attached hydrogen (secondary N) is 1. The second-order valence-corrected chi connectivity index (χ2v) is 5.96. The van der Waals surface area contributed by atoms with Crippen LogP contribution in [0.3, 0.4) is 0 Å². The molecule has 2 rings (SSSR count). The van der Waals surface area contributed by atoms with E-state index in [9.17, 15) is 4.79 Å². The fourth-order valence-electron chi connectivity index (χ4n) is 2.38. The molecule has 0 bridgehead atoms. The standard InChI is InChI=1S/C16H17Cl2N3O2/c17-12-8-11(9-13(18)10-12)14(15-19-6-3-7-20-15)4-1-2-5-21-16(22)23/h3,6-10,14,21H,1-2,4-5H2,(H,22,23). The minimum atomic E-state index is -1.01. The SMILES string of the molecule is O=C(O)NCCCCC(c1cc(Cl)cc(Cl)c1)c1ncccn1. The number of rotatable bonds is 7. The summed E-state index contributed by atoms with van der Waals surface area (Å²) in [7, 11) is 0. The van der Waals surface area contributed by atoms with Crippen LogP contribution in [0, 0.1) is 0 Å². The van der Waals surface area contributed by atoms with E-state index >= 15 is 0 Å². The van der Waals surface area contributed by atoms with Crippen LogP contribution in [0.5, 0.6) is 0 Å². The summed E-state index contributed by atoms with van der Waals surface area (Å²) in [5.41, 5.74) is 0.958. The normalized spacial score (nSPS) is 11.9.